The van der Waals surface area contributed by atoms with Crippen LogP contribution in [0.5, 0.6) is 0 Å². The molecule has 170 valence electrons. The first-order valence-corrected chi connectivity index (χ1v) is 12.0. The summed E-state index contributed by atoms with van der Waals surface area (Å²) in [6.07, 6.45) is -0.490. The van der Waals surface area contributed by atoms with Crippen molar-refractivity contribution in [3.8, 4) is 0 Å². The summed E-state index contributed by atoms with van der Waals surface area (Å²) in [5.74, 6) is 0.162. The quantitative estimate of drug-likeness (QED) is 0.302. The van der Waals surface area contributed by atoms with Crippen molar-refractivity contribution in [2.75, 3.05) is 26.0 Å². The van der Waals surface area contributed by atoms with Gasteiger partial charge in [0.05, 0.1) is 24.1 Å². The normalized spacial score (nSPS) is 38.0. The lowest BCUT2D eigenvalue weighted by Gasteiger charge is -2.44. The van der Waals surface area contributed by atoms with Crippen molar-refractivity contribution in [2.24, 2.45) is 5.92 Å². The first-order chi connectivity index (χ1) is 13.7. The van der Waals surface area contributed by atoms with Crippen LogP contribution in [0.15, 0.2) is 0 Å². The second-order valence-corrected chi connectivity index (χ2v) is 9.64. The Morgan fingerprint density at radius 2 is 2.00 bits per heavy atom. The first-order valence-electron chi connectivity index (χ1n) is 10.3. The second kappa shape index (κ2) is 11.5. The van der Waals surface area contributed by atoms with Crippen LogP contribution in [0.1, 0.15) is 33.1 Å². The number of thioether (sulfide) groups is 1. The van der Waals surface area contributed by atoms with Gasteiger partial charge in [-0.2, -0.15) is 0 Å². The van der Waals surface area contributed by atoms with Gasteiger partial charge in [0.25, 0.3) is 0 Å². The molecule has 0 aromatic rings. The van der Waals surface area contributed by atoms with E-state index in [1.807, 2.05) is 4.90 Å². The summed E-state index contributed by atoms with van der Waals surface area (Å²) in [4.78, 5) is 15.1. The predicted molar refractivity (Wildman–Crippen MR) is 113 cm³/mol. The van der Waals surface area contributed by atoms with Gasteiger partial charge in [-0.15, -0.1) is 23.4 Å². The van der Waals surface area contributed by atoms with Crippen LogP contribution in [0.4, 0.5) is 0 Å². The van der Waals surface area contributed by atoms with Gasteiger partial charge in [0.2, 0.25) is 5.91 Å². The second-order valence-electron chi connectivity index (χ2n) is 8.01. The van der Waals surface area contributed by atoms with E-state index in [1.165, 1.54) is 11.8 Å². The van der Waals surface area contributed by atoms with Crippen LogP contribution >= 0.6 is 23.4 Å². The highest BCUT2D eigenvalue weighted by atomic mass is 35.5. The number of nitrogens with zero attached hydrogens (tertiary/aromatic N) is 1. The van der Waals surface area contributed by atoms with Crippen molar-refractivity contribution in [1.82, 2.24) is 10.2 Å². The molecule has 0 saturated carbocycles. The van der Waals surface area contributed by atoms with Crippen LogP contribution in [0, 0.1) is 5.92 Å². The molecule has 29 heavy (non-hydrogen) atoms. The molecule has 2 rings (SSSR count). The topological polar surface area (TPSA) is 122 Å². The molecule has 0 radical (unpaired) electrons. The molecule has 2 fully saturated rings. The Kier molecular flexibility index (Phi) is 9.95. The molecule has 0 spiro atoms. The van der Waals surface area contributed by atoms with Gasteiger partial charge in [0.1, 0.15) is 29.9 Å². The Hall–Kier alpha value is -0.130. The number of aliphatic hydroxyl groups is 4. The van der Waals surface area contributed by atoms with E-state index >= 15 is 0 Å². The number of likely N-dealkylation sites (tertiary alicyclic amines) is 1. The van der Waals surface area contributed by atoms with Crippen LogP contribution < -0.4 is 5.32 Å². The van der Waals surface area contributed by atoms with Crippen molar-refractivity contribution in [3.05, 3.63) is 0 Å². The van der Waals surface area contributed by atoms with Gasteiger partial charge in [-0.05, 0) is 31.9 Å². The number of hydrogen-bond donors (Lipinski definition) is 5. The maximum Gasteiger partial charge on any atom is 0.237 e. The van der Waals surface area contributed by atoms with Crippen LogP contribution in [-0.4, -0.2) is 104 Å². The Labute approximate surface area is 181 Å². The van der Waals surface area contributed by atoms with Crippen LogP contribution in [0.2, 0.25) is 0 Å². The summed E-state index contributed by atoms with van der Waals surface area (Å²) >= 11 is 7.55. The van der Waals surface area contributed by atoms with Crippen molar-refractivity contribution >= 4 is 29.3 Å². The minimum atomic E-state index is -1.40. The van der Waals surface area contributed by atoms with Gasteiger partial charge in [-0.25, -0.2) is 0 Å². The lowest BCUT2D eigenvalue weighted by molar-refractivity contribution is -0.205. The molecule has 1 amide bonds. The third-order valence-electron chi connectivity index (χ3n) is 5.87. The number of nitrogens with one attached hydrogen (secondary N) is 1. The zero-order chi connectivity index (χ0) is 21.7. The van der Waals surface area contributed by atoms with E-state index in [0.717, 1.165) is 19.4 Å². The van der Waals surface area contributed by atoms with Crippen molar-refractivity contribution in [2.45, 2.75) is 80.4 Å². The smallest absolute Gasteiger partial charge is 0.237 e. The van der Waals surface area contributed by atoms with Crippen LogP contribution in [0.25, 0.3) is 0 Å². The molecular weight excluding hydrogens is 420 g/mol. The van der Waals surface area contributed by atoms with E-state index in [0.29, 0.717) is 18.9 Å². The largest absolute Gasteiger partial charge is 0.395 e. The van der Waals surface area contributed by atoms with Crippen LogP contribution in [-0.2, 0) is 9.53 Å². The average Bonchev–Trinajstić information content (AvgIpc) is 3.08. The molecule has 10 heteroatoms. The summed E-state index contributed by atoms with van der Waals surface area (Å²) < 4.78 is 5.80. The Bertz CT molecular complexity index is 529. The van der Waals surface area contributed by atoms with E-state index in [9.17, 15) is 25.2 Å². The van der Waals surface area contributed by atoms with E-state index in [4.69, 9.17) is 16.3 Å². The Balaban J connectivity index is 2.13. The number of aliphatic hydroxyl groups excluding tert-OH is 4. The number of hydrogen-bond acceptors (Lipinski definition) is 8. The lowest BCUT2D eigenvalue weighted by atomic mass is 9.92. The third-order valence-corrected chi connectivity index (χ3v) is 7.00. The molecule has 2 aliphatic heterocycles. The van der Waals surface area contributed by atoms with Crippen molar-refractivity contribution < 1.29 is 30.0 Å². The molecule has 2 aliphatic rings. The first kappa shape index (κ1) is 25.1. The molecule has 2 saturated heterocycles. The summed E-state index contributed by atoms with van der Waals surface area (Å²) in [6.45, 7) is 4.95. The maximum absolute atomic E-state index is 13.1. The summed E-state index contributed by atoms with van der Waals surface area (Å²) in [7, 11) is 0. The number of rotatable bonds is 9. The zero-order valence-electron chi connectivity index (χ0n) is 17.3. The number of ether oxygens (including phenoxy) is 1. The van der Waals surface area contributed by atoms with Gasteiger partial charge in [-0.3, -0.25) is 9.69 Å². The van der Waals surface area contributed by atoms with Crippen molar-refractivity contribution in [3.63, 3.8) is 0 Å². The number of amides is 1. The molecule has 8 nitrogen and oxygen atoms in total. The molecular formula is C19H35ClN2O6S. The number of alkyl halides is 1. The molecule has 0 unspecified atom stereocenters. The summed E-state index contributed by atoms with van der Waals surface area (Å²) in [6, 6.07) is -1.14. The Morgan fingerprint density at radius 1 is 1.31 bits per heavy atom. The molecule has 5 N–H and O–H groups in total. The minimum Gasteiger partial charge on any atom is -0.395 e. The van der Waals surface area contributed by atoms with E-state index in [-0.39, 0.29) is 18.6 Å². The number of carbonyl (C=O) groups excluding carboxylic acids is 1. The average molecular weight is 455 g/mol. The van der Waals surface area contributed by atoms with Gasteiger partial charge in [0.15, 0.2) is 0 Å². The standard InChI is InChI=1S/C19H35ClN2O6S/c1-4-5-11-8-12(22(9-11)6-7-23)18(27)21-13(10(2)20)17-15(25)14(24)16(26)19(28-17)29-3/h10-17,19,23-26H,4-9H2,1-3H3,(H,21,27)/t10-,11+,12-,13+,14-,15+,16+,17+,19+/m0/s1. The Morgan fingerprint density at radius 3 is 2.55 bits per heavy atom. The van der Waals surface area contributed by atoms with Gasteiger partial charge >= 0.3 is 0 Å². The minimum absolute atomic E-state index is 0.0259. The zero-order valence-corrected chi connectivity index (χ0v) is 18.8. The van der Waals surface area contributed by atoms with Gasteiger partial charge < -0.3 is 30.5 Å². The summed E-state index contributed by atoms with van der Waals surface area (Å²) in [5.41, 5.74) is -0.737. The van der Waals surface area contributed by atoms with Crippen molar-refractivity contribution in [1.29, 1.82) is 0 Å². The number of carbonyl (C=O) groups is 1. The number of halogens is 1. The fourth-order valence-corrected chi connectivity index (χ4v) is 5.23. The van der Waals surface area contributed by atoms with Gasteiger partial charge in [-0.1, -0.05) is 13.3 Å². The van der Waals surface area contributed by atoms with E-state index in [1.54, 1.807) is 13.2 Å². The molecule has 0 aromatic heterocycles. The predicted octanol–water partition coefficient (Wildman–Crippen LogP) is -0.248. The fraction of sp³-hybridized carbons (Fsp3) is 0.947. The van der Waals surface area contributed by atoms with E-state index < -0.39 is 41.3 Å². The van der Waals surface area contributed by atoms with Crippen LogP contribution in [0.3, 0.4) is 0 Å². The molecule has 2 heterocycles. The third kappa shape index (κ3) is 5.98. The molecule has 0 bridgehead atoms. The highest BCUT2D eigenvalue weighted by Gasteiger charge is 2.48. The number of β-amino-alcohol motifs (C(OH)–C–C–N with tert-alkyl or cyclic N) is 1. The van der Waals surface area contributed by atoms with Gasteiger partial charge in [0, 0.05) is 13.1 Å². The molecule has 0 aromatic carbocycles. The molecule has 9 atom stereocenters. The highest BCUT2D eigenvalue weighted by Crippen LogP contribution is 2.31. The van der Waals surface area contributed by atoms with E-state index in [2.05, 4.69) is 12.2 Å². The highest BCUT2D eigenvalue weighted by molar-refractivity contribution is 7.99. The SMILES string of the molecule is CCC[C@@H]1C[C@@H](C(=O)N[C@@H]([C@H]2O[C@H](SC)[C@H](O)[C@@H](O)[C@H]2O)[C@H](C)Cl)N(CCO)C1. The monoisotopic (exact) mass is 454 g/mol. The maximum atomic E-state index is 13.1. The fourth-order valence-electron chi connectivity index (χ4n) is 4.35. The lowest BCUT2D eigenvalue weighted by Crippen LogP contribution is -2.65. The summed E-state index contributed by atoms with van der Waals surface area (Å²) in [5, 5.41) is 42.4. The molecule has 0 aliphatic carbocycles.